The zero-order valence-electron chi connectivity index (χ0n) is 8.95. The number of hydrazone groups is 1. The summed E-state index contributed by atoms with van der Waals surface area (Å²) in [5.41, 5.74) is 5.79. The Kier molecular flexibility index (Phi) is 4.48. The first kappa shape index (κ1) is 13.5. The van der Waals surface area contributed by atoms with Crippen LogP contribution in [-0.2, 0) is 4.79 Å². The number of rotatable bonds is 2. The Morgan fingerprint density at radius 3 is 2.35 bits per heavy atom. The van der Waals surface area contributed by atoms with Crippen molar-refractivity contribution in [3.63, 3.8) is 0 Å². The minimum absolute atomic E-state index is 0.455. The number of guanidine groups is 1. The van der Waals surface area contributed by atoms with Gasteiger partial charge in [-0.15, -0.1) is 0 Å². The van der Waals surface area contributed by atoms with Crippen LogP contribution in [0.25, 0.3) is 0 Å². The van der Waals surface area contributed by atoms with E-state index in [-0.39, 0.29) is 0 Å². The van der Waals surface area contributed by atoms with Crippen molar-refractivity contribution in [2.24, 2.45) is 10.8 Å². The summed E-state index contributed by atoms with van der Waals surface area (Å²) < 4.78 is 0. The van der Waals surface area contributed by atoms with E-state index in [4.69, 9.17) is 34.3 Å². The normalized spacial score (nSPS) is 10.5. The summed E-state index contributed by atoms with van der Waals surface area (Å²) in [5, 5.41) is 12.6. The van der Waals surface area contributed by atoms with Crippen molar-refractivity contribution in [3.8, 4) is 0 Å². The molecule has 0 saturated carbocycles. The summed E-state index contributed by atoms with van der Waals surface area (Å²) >= 11 is 11.6. The molecule has 0 unspecified atom stereocenters. The van der Waals surface area contributed by atoms with Crippen LogP contribution in [-0.4, -0.2) is 23.1 Å². The highest BCUT2D eigenvalue weighted by Gasteiger charge is 2.08. The van der Waals surface area contributed by atoms with Crippen molar-refractivity contribution in [1.82, 2.24) is 5.01 Å². The van der Waals surface area contributed by atoms with Crippen LogP contribution in [0.15, 0.2) is 23.3 Å². The highest BCUT2D eigenvalue weighted by Crippen LogP contribution is 2.17. The first-order valence-corrected chi connectivity index (χ1v) is 5.30. The number of nitrogens with two attached hydrogens (primary N) is 1. The van der Waals surface area contributed by atoms with Crippen LogP contribution in [0.5, 0.6) is 0 Å². The van der Waals surface area contributed by atoms with Gasteiger partial charge >= 0.3 is 0 Å². The van der Waals surface area contributed by atoms with E-state index in [1.54, 1.807) is 18.2 Å². The molecule has 1 aromatic carbocycles. The van der Waals surface area contributed by atoms with Gasteiger partial charge in [0.2, 0.25) is 11.9 Å². The lowest BCUT2D eigenvalue weighted by atomic mass is 10.2. The molecule has 0 aliphatic heterocycles. The lowest BCUT2D eigenvalue weighted by Crippen LogP contribution is -2.35. The van der Waals surface area contributed by atoms with Crippen LogP contribution in [0.2, 0.25) is 10.0 Å². The van der Waals surface area contributed by atoms with Crippen LogP contribution in [0, 0.1) is 5.41 Å². The molecule has 0 spiro atoms. The van der Waals surface area contributed by atoms with Gasteiger partial charge < -0.3 is 5.73 Å². The van der Waals surface area contributed by atoms with E-state index >= 15 is 0 Å². The van der Waals surface area contributed by atoms with Crippen molar-refractivity contribution in [1.29, 1.82) is 5.41 Å². The van der Waals surface area contributed by atoms with Gasteiger partial charge in [-0.05, 0) is 23.8 Å². The molecule has 3 N–H and O–H groups in total. The molecule has 90 valence electrons. The number of nitrogens with zero attached hydrogens (tertiary/aromatic N) is 2. The molecule has 0 radical (unpaired) electrons. The SMILES string of the molecule is CC(=O)N(/N=C/c1cc(Cl)cc(Cl)c1)C(=N)N. The molecule has 7 heteroatoms. The lowest BCUT2D eigenvalue weighted by Gasteiger charge is -2.11. The highest BCUT2D eigenvalue weighted by molar-refractivity contribution is 6.35. The van der Waals surface area contributed by atoms with Gasteiger partial charge in [0, 0.05) is 17.0 Å². The third-order valence-electron chi connectivity index (χ3n) is 1.73. The number of hydrogen-bond donors (Lipinski definition) is 2. The molecule has 17 heavy (non-hydrogen) atoms. The first-order valence-electron chi connectivity index (χ1n) is 4.55. The molecule has 0 aliphatic rings. The topological polar surface area (TPSA) is 82.5 Å². The number of carbonyl (C=O) groups excluding carboxylic acids is 1. The molecule has 0 saturated heterocycles. The fraction of sp³-hybridized carbons (Fsp3) is 0.100. The van der Waals surface area contributed by atoms with Crippen molar-refractivity contribution >= 4 is 41.3 Å². The molecule has 5 nitrogen and oxygen atoms in total. The number of hydrogen-bond acceptors (Lipinski definition) is 3. The van der Waals surface area contributed by atoms with Crippen LogP contribution >= 0.6 is 23.2 Å². The Labute approximate surface area is 108 Å². The number of nitrogens with one attached hydrogen (secondary N) is 1. The van der Waals surface area contributed by atoms with E-state index in [1.807, 2.05) is 0 Å². The van der Waals surface area contributed by atoms with Gasteiger partial charge in [0.15, 0.2) is 0 Å². The second-order valence-corrected chi connectivity index (χ2v) is 4.04. The summed E-state index contributed by atoms with van der Waals surface area (Å²) in [7, 11) is 0. The Morgan fingerprint density at radius 2 is 1.94 bits per heavy atom. The summed E-state index contributed by atoms with van der Waals surface area (Å²) in [6.45, 7) is 1.25. The zero-order chi connectivity index (χ0) is 13.0. The molecule has 1 aromatic rings. The van der Waals surface area contributed by atoms with Crippen LogP contribution in [0.3, 0.4) is 0 Å². The standard InChI is InChI=1S/C10H10Cl2N4O/c1-6(17)16(10(13)14)15-5-7-2-8(11)4-9(12)3-7/h2-5H,1H3,(H3,13,14)/b15-5+. The van der Waals surface area contributed by atoms with E-state index < -0.39 is 11.9 Å². The van der Waals surface area contributed by atoms with Gasteiger partial charge in [-0.3, -0.25) is 10.2 Å². The summed E-state index contributed by atoms with van der Waals surface area (Å²) in [6.07, 6.45) is 1.35. The fourth-order valence-electron chi connectivity index (χ4n) is 1.09. The van der Waals surface area contributed by atoms with Gasteiger partial charge in [-0.25, -0.2) is 0 Å². The minimum Gasteiger partial charge on any atom is -0.368 e. The van der Waals surface area contributed by atoms with Crippen molar-refractivity contribution in [3.05, 3.63) is 33.8 Å². The highest BCUT2D eigenvalue weighted by atomic mass is 35.5. The largest absolute Gasteiger partial charge is 0.368 e. The molecule has 0 aliphatic carbocycles. The Balaban J connectivity index is 2.96. The second kappa shape index (κ2) is 5.65. The van der Waals surface area contributed by atoms with Crippen LogP contribution in [0.1, 0.15) is 12.5 Å². The van der Waals surface area contributed by atoms with E-state index in [2.05, 4.69) is 5.10 Å². The molecule has 0 aromatic heterocycles. The number of carbonyl (C=O) groups is 1. The van der Waals surface area contributed by atoms with E-state index in [1.165, 1.54) is 13.1 Å². The molecule has 0 bridgehead atoms. The maximum atomic E-state index is 11.1. The van der Waals surface area contributed by atoms with E-state index in [0.717, 1.165) is 5.01 Å². The average molecular weight is 273 g/mol. The molecule has 1 rings (SSSR count). The zero-order valence-corrected chi connectivity index (χ0v) is 10.5. The summed E-state index contributed by atoms with van der Waals surface area (Å²) in [5.74, 6) is -0.913. The smallest absolute Gasteiger partial charge is 0.246 e. The van der Waals surface area contributed by atoms with Crippen LogP contribution < -0.4 is 5.73 Å². The van der Waals surface area contributed by atoms with Gasteiger partial charge in [0.1, 0.15) is 0 Å². The van der Waals surface area contributed by atoms with E-state index in [9.17, 15) is 4.79 Å². The molecule has 1 amide bonds. The molecular formula is C10H10Cl2N4O. The Bertz CT molecular complexity index is 453. The second-order valence-electron chi connectivity index (χ2n) is 3.16. The Morgan fingerprint density at radius 1 is 1.41 bits per heavy atom. The number of halogens is 2. The Hall–Kier alpha value is -1.59. The van der Waals surface area contributed by atoms with Crippen molar-refractivity contribution in [2.75, 3.05) is 0 Å². The van der Waals surface area contributed by atoms with Gasteiger partial charge in [-0.2, -0.15) is 10.1 Å². The van der Waals surface area contributed by atoms with Gasteiger partial charge in [-0.1, -0.05) is 23.2 Å². The predicted molar refractivity (Wildman–Crippen MR) is 68.5 cm³/mol. The minimum atomic E-state index is -0.457. The molecule has 0 heterocycles. The van der Waals surface area contributed by atoms with Gasteiger partial charge in [0.05, 0.1) is 6.21 Å². The lowest BCUT2D eigenvalue weighted by molar-refractivity contribution is -0.125. The maximum Gasteiger partial charge on any atom is 0.246 e. The first-order chi connectivity index (χ1) is 7.90. The van der Waals surface area contributed by atoms with E-state index in [0.29, 0.717) is 15.6 Å². The number of benzene rings is 1. The summed E-state index contributed by atoms with van der Waals surface area (Å²) in [4.78, 5) is 11.1. The average Bonchev–Trinajstić information content (AvgIpc) is 2.14. The summed E-state index contributed by atoms with van der Waals surface area (Å²) in [6, 6.07) is 4.82. The number of amides is 1. The molecule has 0 atom stereocenters. The van der Waals surface area contributed by atoms with Crippen LogP contribution in [0.4, 0.5) is 0 Å². The fourth-order valence-corrected chi connectivity index (χ4v) is 1.63. The quantitative estimate of drug-likeness (QED) is 0.491. The third kappa shape index (κ3) is 4.05. The van der Waals surface area contributed by atoms with Crippen molar-refractivity contribution < 1.29 is 4.79 Å². The maximum absolute atomic E-state index is 11.1. The predicted octanol–water partition coefficient (Wildman–Crippen LogP) is 2.07. The monoisotopic (exact) mass is 272 g/mol. The molecule has 0 fully saturated rings. The third-order valence-corrected chi connectivity index (χ3v) is 2.17. The molecular weight excluding hydrogens is 263 g/mol. The van der Waals surface area contributed by atoms with Crippen molar-refractivity contribution in [2.45, 2.75) is 6.92 Å². The van der Waals surface area contributed by atoms with Gasteiger partial charge in [0.25, 0.3) is 0 Å².